The maximum Gasteiger partial charge on any atom is 0.282 e. The van der Waals surface area contributed by atoms with E-state index in [1.54, 1.807) is 17.0 Å². The van der Waals surface area contributed by atoms with Crippen LogP contribution in [-0.4, -0.2) is 62.4 Å². The molecule has 0 unspecified atom stereocenters. The van der Waals surface area contributed by atoms with E-state index in [-0.39, 0.29) is 17.2 Å². The summed E-state index contributed by atoms with van der Waals surface area (Å²) in [4.78, 5) is 33.2. The molecule has 0 bridgehead atoms. The van der Waals surface area contributed by atoms with Crippen molar-refractivity contribution in [3.05, 3.63) is 70.2 Å². The molecule has 0 N–H and O–H groups in total. The monoisotopic (exact) mass is 411 g/mol. The maximum atomic E-state index is 13.0. The molecule has 1 saturated heterocycles. The quantitative estimate of drug-likeness (QED) is 0.365. The van der Waals surface area contributed by atoms with Gasteiger partial charge >= 0.3 is 0 Å². The Bertz CT molecular complexity index is 1030. The molecule has 8 nitrogen and oxygen atoms in total. The number of carbonyl (C=O) groups is 1. The van der Waals surface area contributed by atoms with Gasteiger partial charge in [0.2, 0.25) is 0 Å². The van der Waals surface area contributed by atoms with Gasteiger partial charge in [-0.15, -0.1) is 11.8 Å². The molecule has 9 heteroatoms. The number of amides is 1. The standard InChI is InChI=1S/C20H21N5O3S/c1-29-16-5-6-18(25(27)28)17(12-16)20(26)23-10-8-22(9-11-23)13-15-14-24-7-3-2-4-19(24)21-15/h2-7,12,14H,8-11,13H2,1H3. The van der Waals surface area contributed by atoms with Crippen LogP contribution in [0.4, 0.5) is 5.69 Å². The van der Waals surface area contributed by atoms with Gasteiger partial charge in [0.05, 0.1) is 10.6 Å². The molecule has 0 saturated carbocycles. The van der Waals surface area contributed by atoms with E-state index in [0.29, 0.717) is 32.7 Å². The number of benzene rings is 1. The van der Waals surface area contributed by atoms with Crippen molar-refractivity contribution in [1.29, 1.82) is 0 Å². The molecule has 0 atom stereocenters. The molecular formula is C20H21N5O3S. The van der Waals surface area contributed by atoms with Gasteiger partial charge in [0.1, 0.15) is 11.2 Å². The fraction of sp³-hybridized carbons (Fsp3) is 0.300. The summed E-state index contributed by atoms with van der Waals surface area (Å²) in [5.41, 5.74) is 1.92. The Labute approximate surface area is 172 Å². The number of aromatic nitrogens is 2. The van der Waals surface area contributed by atoms with Crippen molar-refractivity contribution in [1.82, 2.24) is 19.2 Å². The number of carbonyl (C=O) groups excluding carboxylic acids is 1. The number of fused-ring (bicyclic) bond motifs is 1. The van der Waals surface area contributed by atoms with Gasteiger partial charge in [-0.3, -0.25) is 19.8 Å². The SMILES string of the molecule is CSc1ccc([N+](=O)[O-])c(C(=O)N2CCN(Cc3cn4ccccc4n3)CC2)c1. The molecule has 0 radical (unpaired) electrons. The molecular weight excluding hydrogens is 390 g/mol. The lowest BCUT2D eigenvalue weighted by molar-refractivity contribution is -0.385. The van der Waals surface area contributed by atoms with Gasteiger partial charge in [-0.25, -0.2) is 4.98 Å². The van der Waals surface area contributed by atoms with Crippen LogP contribution in [0.3, 0.4) is 0 Å². The molecule has 1 fully saturated rings. The van der Waals surface area contributed by atoms with Gasteiger partial charge in [0.25, 0.3) is 11.6 Å². The van der Waals surface area contributed by atoms with Crippen molar-refractivity contribution in [2.75, 3.05) is 32.4 Å². The highest BCUT2D eigenvalue weighted by Crippen LogP contribution is 2.26. The van der Waals surface area contributed by atoms with E-state index in [1.807, 2.05) is 41.2 Å². The first-order valence-corrected chi connectivity index (χ1v) is 10.5. The zero-order chi connectivity index (χ0) is 20.4. The molecule has 0 aliphatic carbocycles. The lowest BCUT2D eigenvalue weighted by Gasteiger charge is -2.34. The van der Waals surface area contributed by atoms with Crippen molar-refractivity contribution < 1.29 is 9.72 Å². The van der Waals surface area contributed by atoms with Gasteiger partial charge in [-0.2, -0.15) is 0 Å². The largest absolute Gasteiger partial charge is 0.336 e. The number of nitro groups is 1. The van der Waals surface area contributed by atoms with Crippen molar-refractivity contribution in [2.24, 2.45) is 0 Å². The van der Waals surface area contributed by atoms with Crippen LogP contribution in [0.1, 0.15) is 16.1 Å². The van der Waals surface area contributed by atoms with Gasteiger partial charge in [0.15, 0.2) is 0 Å². The summed E-state index contributed by atoms with van der Waals surface area (Å²) in [6.07, 6.45) is 5.87. The number of nitro benzene ring substituents is 1. The summed E-state index contributed by atoms with van der Waals surface area (Å²) >= 11 is 1.46. The number of pyridine rings is 1. The summed E-state index contributed by atoms with van der Waals surface area (Å²) in [5, 5.41) is 11.3. The third-order valence-corrected chi connectivity index (χ3v) is 5.82. The van der Waals surface area contributed by atoms with Crippen molar-refractivity contribution >= 4 is 29.0 Å². The van der Waals surface area contributed by atoms with E-state index < -0.39 is 4.92 Å². The number of rotatable bonds is 5. The molecule has 1 amide bonds. The van der Waals surface area contributed by atoms with Crippen LogP contribution in [0.15, 0.2) is 53.7 Å². The molecule has 150 valence electrons. The van der Waals surface area contributed by atoms with Crippen LogP contribution in [0.25, 0.3) is 5.65 Å². The Balaban J connectivity index is 1.43. The number of imidazole rings is 1. The number of hydrogen-bond acceptors (Lipinski definition) is 6. The Morgan fingerprint density at radius 3 is 2.69 bits per heavy atom. The van der Waals surface area contributed by atoms with E-state index in [1.165, 1.54) is 17.8 Å². The van der Waals surface area contributed by atoms with Gasteiger partial charge in [0, 0.05) is 56.1 Å². The topological polar surface area (TPSA) is 84.0 Å². The molecule has 2 aromatic heterocycles. The average molecular weight is 411 g/mol. The fourth-order valence-electron chi connectivity index (χ4n) is 3.54. The van der Waals surface area contributed by atoms with Crippen LogP contribution >= 0.6 is 11.8 Å². The van der Waals surface area contributed by atoms with Crippen molar-refractivity contribution in [2.45, 2.75) is 11.4 Å². The van der Waals surface area contributed by atoms with Gasteiger partial charge in [-0.1, -0.05) is 6.07 Å². The summed E-state index contributed by atoms with van der Waals surface area (Å²) in [6, 6.07) is 10.6. The summed E-state index contributed by atoms with van der Waals surface area (Å²) in [5.74, 6) is -0.278. The second kappa shape index (κ2) is 8.22. The Morgan fingerprint density at radius 2 is 2.00 bits per heavy atom. The zero-order valence-corrected chi connectivity index (χ0v) is 16.8. The van der Waals surface area contributed by atoms with E-state index in [4.69, 9.17) is 0 Å². The molecule has 0 spiro atoms. The lowest BCUT2D eigenvalue weighted by Crippen LogP contribution is -2.48. The van der Waals surface area contributed by atoms with Crippen molar-refractivity contribution in [3.8, 4) is 0 Å². The van der Waals surface area contributed by atoms with Crippen molar-refractivity contribution in [3.63, 3.8) is 0 Å². The van der Waals surface area contributed by atoms with E-state index in [9.17, 15) is 14.9 Å². The first-order valence-electron chi connectivity index (χ1n) is 9.32. The highest BCUT2D eigenvalue weighted by molar-refractivity contribution is 7.98. The minimum Gasteiger partial charge on any atom is -0.336 e. The Hall–Kier alpha value is -2.91. The summed E-state index contributed by atoms with van der Waals surface area (Å²) < 4.78 is 1.99. The smallest absolute Gasteiger partial charge is 0.282 e. The van der Waals surface area contributed by atoms with Crippen LogP contribution in [0.5, 0.6) is 0 Å². The summed E-state index contributed by atoms with van der Waals surface area (Å²) in [7, 11) is 0. The molecule has 3 aromatic rings. The number of hydrogen-bond donors (Lipinski definition) is 0. The predicted octanol–water partition coefficient (Wildman–Crippen LogP) is 2.92. The van der Waals surface area contributed by atoms with E-state index in [0.717, 1.165) is 16.2 Å². The molecule has 1 aromatic carbocycles. The van der Waals surface area contributed by atoms with Crippen LogP contribution in [-0.2, 0) is 6.54 Å². The van der Waals surface area contributed by atoms with Crippen LogP contribution in [0, 0.1) is 10.1 Å². The predicted molar refractivity (Wildman–Crippen MR) is 111 cm³/mol. The summed E-state index contributed by atoms with van der Waals surface area (Å²) in [6.45, 7) is 3.19. The molecule has 3 heterocycles. The minimum absolute atomic E-state index is 0.139. The molecule has 29 heavy (non-hydrogen) atoms. The van der Waals surface area contributed by atoms with Gasteiger partial charge < -0.3 is 9.30 Å². The van der Waals surface area contributed by atoms with E-state index in [2.05, 4.69) is 9.88 Å². The fourth-order valence-corrected chi connectivity index (χ4v) is 3.98. The highest BCUT2D eigenvalue weighted by atomic mass is 32.2. The number of piperazine rings is 1. The maximum absolute atomic E-state index is 13.0. The normalized spacial score (nSPS) is 15.0. The molecule has 1 aliphatic heterocycles. The van der Waals surface area contributed by atoms with Crippen LogP contribution in [0.2, 0.25) is 0 Å². The zero-order valence-electron chi connectivity index (χ0n) is 16.0. The Kier molecular flexibility index (Phi) is 5.50. The molecule has 1 aliphatic rings. The average Bonchev–Trinajstić information content (AvgIpc) is 3.15. The second-order valence-electron chi connectivity index (χ2n) is 6.91. The molecule has 4 rings (SSSR count). The Morgan fingerprint density at radius 1 is 1.21 bits per heavy atom. The van der Waals surface area contributed by atoms with E-state index >= 15 is 0 Å². The second-order valence-corrected chi connectivity index (χ2v) is 7.79. The first-order chi connectivity index (χ1) is 14.0. The highest BCUT2D eigenvalue weighted by Gasteiger charge is 2.28. The third kappa shape index (κ3) is 4.10. The van der Waals surface area contributed by atoms with Gasteiger partial charge in [-0.05, 0) is 30.5 Å². The first kappa shape index (κ1) is 19.4. The number of thioether (sulfide) groups is 1. The lowest BCUT2D eigenvalue weighted by atomic mass is 10.1. The third-order valence-electron chi connectivity index (χ3n) is 5.09. The van der Waals surface area contributed by atoms with Crippen LogP contribution < -0.4 is 0 Å². The minimum atomic E-state index is -0.489. The number of nitrogens with zero attached hydrogens (tertiary/aromatic N) is 5.